The Balaban J connectivity index is 2.68. The van der Waals surface area contributed by atoms with E-state index in [1.54, 1.807) is 0 Å². The van der Waals surface area contributed by atoms with Gasteiger partial charge in [-0.25, -0.2) is 0 Å². The lowest BCUT2D eigenvalue weighted by Gasteiger charge is -2.06. The highest BCUT2D eigenvalue weighted by atomic mass is 35.6. The minimum absolute atomic E-state index is 0.936. The van der Waals surface area contributed by atoms with Crippen molar-refractivity contribution in [3.05, 3.63) is 29.8 Å². The van der Waals surface area contributed by atoms with E-state index in [4.69, 9.17) is 11.1 Å². The van der Waals surface area contributed by atoms with Gasteiger partial charge in [-0.05, 0) is 18.7 Å². The highest BCUT2D eigenvalue weighted by Gasteiger charge is 2.08. The molecule has 0 aliphatic rings. The first kappa shape index (κ1) is 9.77. The van der Waals surface area contributed by atoms with Crippen LogP contribution < -0.4 is 10.2 Å². The fraction of sp³-hybridized carbons (Fsp3) is 0.333. The van der Waals surface area contributed by atoms with Crippen molar-refractivity contribution >= 4 is 24.5 Å². The summed E-state index contributed by atoms with van der Waals surface area (Å²) >= 11 is 6.15. The normalized spacial score (nSPS) is 10.7. The van der Waals surface area contributed by atoms with Crippen LogP contribution in [-0.2, 0) is 0 Å². The predicted molar refractivity (Wildman–Crippen MR) is 56.1 cm³/mol. The Morgan fingerprint density at radius 2 is 1.92 bits per heavy atom. The fourth-order valence-electron chi connectivity index (χ4n) is 0.957. The van der Waals surface area contributed by atoms with Crippen LogP contribution in [0.15, 0.2) is 24.3 Å². The quantitative estimate of drug-likeness (QED) is 0.574. The fourth-order valence-corrected chi connectivity index (χ4v) is 2.71. The van der Waals surface area contributed by atoms with E-state index in [-0.39, 0.29) is 0 Å². The van der Waals surface area contributed by atoms with Crippen LogP contribution in [0.25, 0.3) is 0 Å². The second-order valence-corrected chi connectivity index (χ2v) is 5.40. The maximum Gasteiger partial charge on any atom is 0.284 e. The molecule has 1 rings (SSSR count). The molecular formula is C9H13ClNSi. The lowest BCUT2D eigenvalue weighted by Crippen LogP contribution is -2.39. The summed E-state index contributed by atoms with van der Waals surface area (Å²) in [7, 11) is -1.01. The van der Waals surface area contributed by atoms with E-state index in [0.717, 1.165) is 6.54 Å². The molecule has 1 N–H and O–H groups in total. The first-order valence-electron chi connectivity index (χ1n) is 4.07. The van der Waals surface area contributed by atoms with E-state index in [1.165, 1.54) is 10.8 Å². The largest absolute Gasteiger partial charge is 0.322 e. The van der Waals surface area contributed by atoms with Gasteiger partial charge in [0.25, 0.3) is 8.27 Å². The summed E-state index contributed by atoms with van der Waals surface area (Å²) in [5.41, 5.74) is 1.28. The topological polar surface area (TPSA) is 12.0 Å². The van der Waals surface area contributed by atoms with Crippen LogP contribution in [0.1, 0.15) is 12.5 Å². The molecule has 0 spiro atoms. The molecule has 1 radical (unpaired) electrons. The molecular weight excluding hydrogens is 186 g/mol. The van der Waals surface area contributed by atoms with Crippen LogP contribution in [0.2, 0.25) is 0 Å². The summed E-state index contributed by atoms with van der Waals surface area (Å²) < 4.78 is 0. The highest BCUT2D eigenvalue weighted by Crippen LogP contribution is 1.95. The van der Waals surface area contributed by atoms with Crippen molar-refractivity contribution in [2.45, 2.75) is 13.8 Å². The standard InChI is InChI=1S/C9H13ClNSi/c1-3-11-12(10)9-6-4-8(2)5-7-9/h4-7,11H,3H2,1-2H3. The van der Waals surface area contributed by atoms with E-state index in [2.05, 4.69) is 43.1 Å². The Morgan fingerprint density at radius 3 is 2.42 bits per heavy atom. The van der Waals surface area contributed by atoms with E-state index in [0.29, 0.717) is 0 Å². The molecule has 0 aromatic heterocycles. The minimum atomic E-state index is -1.01. The van der Waals surface area contributed by atoms with Gasteiger partial charge >= 0.3 is 0 Å². The summed E-state index contributed by atoms with van der Waals surface area (Å²) in [5.74, 6) is 0. The van der Waals surface area contributed by atoms with Crippen LogP contribution in [0, 0.1) is 6.92 Å². The number of benzene rings is 1. The molecule has 12 heavy (non-hydrogen) atoms. The average Bonchev–Trinajstić information content (AvgIpc) is 2.06. The van der Waals surface area contributed by atoms with E-state index in [1.807, 2.05) is 0 Å². The zero-order valence-electron chi connectivity index (χ0n) is 7.39. The molecule has 1 nitrogen and oxygen atoms in total. The predicted octanol–water partition coefficient (Wildman–Crippen LogP) is 1.54. The van der Waals surface area contributed by atoms with Gasteiger partial charge in [-0.3, -0.25) is 0 Å². The molecule has 0 unspecified atom stereocenters. The molecule has 1 aromatic rings. The molecule has 0 saturated heterocycles. The van der Waals surface area contributed by atoms with Crippen LogP contribution in [0.3, 0.4) is 0 Å². The van der Waals surface area contributed by atoms with Gasteiger partial charge in [0.15, 0.2) is 0 Å². The molecule has 0 atom stereocenters. The maximum absolute atomic E-state index is 6.15. The molecule has 1 aromatic carbocycles. The van der Waals surface area contributed by atoms with E-state index >= 15 is 0 Å². The summed E-state index contributed by atoms with van der Waals surface area (Å²) in [5, 5.41) is 1.23. The number of hydrogen-bond donors (Lipinski definition) is 1. The second-order valence-electron chi connectivity index (χ2n) is 2.71. The number of halogens is 1. The molecule has 0 heterocycles. The Labute approximate surface area is 80.1 Å². The van der Waals surface area contributed by atoms with Crippen molar-refractivity contribution < 1.29 is 0 Å². The number of aryl methyl sites for hydroxylation is 1. The Kier molecular flexibility index (Phi) is 3.79. The third-order valence-corrected chi connectivity index (χ3v) is 4.20. The molecule has 0 saturated carbocycles. The molecule has 0 fully saturated rings. The van der Waals surface area contributed by atoms with Crippen molar-refractivity contribution in [3.8, 4) is 0 Å². The van der Waals surface area contributed by atoms with Crippen molar-refractivity contribution in [3.63, 3.8) is 0 Å². The minimum Gasteiger partial charge on any atom is -0.322 e. The number of rotatable bonds is 3. The van der Waals surface area contributed by atoms with Gasteiger partial charge < -0.3 is 4.98 Å². The van der Waals surface area contributed by atoms with Gasteiger partial charge in [0.2, 0.25) is 0 Å². The third-order valence-electron chi connectivity index (χ3n) is 1.64. The number of nitrogens with one attached hydrogen (secondary N) is 1. The molecule has 3 heteroatoms. The maximum atomic E-state index is 6.15. The highest BCUT2D eigenvalue weighted by molar-refractivity contribution is 7.12. The van der Waals surface area contributed by atoms with Gasteiger partial charge in [0.1, 0.15) is 0 Å². The Hall–Kier alpha value is -0.313. The second kappa shape index (κ2) is 4.65. The Morgan fingerprint density at radius 1 is 1.33 bits per heavy atom. The third kappa shape index (κ3) is 2.63. The van der Waals surface area contributed by atoms with Crippen LogP contribution in [-0.4, -0.2) is 14.8 Å². The monoisotopic (exact) mass is 198 g/mol. The summed E-state index contributed by atoms with van der Waals surface area (Å²) in [6.07, 6.45) is 0. The van der Waals surface area contributed by atoms with E-state index in [9.17, 15) is 0 Å². The lowest BCUT2D eigenvalue weighted by atomic mass is 10.2. The lowest BCUT2D eigenvalue weighted by molar-refractivity contribution is 1.01. The van der Waals surface area contributed by atoms with Crippen LogP contribution >= 0.6 is 11.1 Å². The van der Waals surface area contributed by atoms with E-state index < -0.39 is 8.27 Å². The number of hydrogen-bond acceptors (Lipinski definition) is 1. The first-order valence-corrected chi connectivity index (χ1v) is 6.58. The van der Waals surface area contributed by atoms with Gasteiger partial charge in [-0.1, -0.05) is 36.8 Å². The smallest absolute Gasteiger partial charge is 0.284 e. The average molecular weight is 199 g/mol. The zero-order chi connectivity index (χ0) is 8.97. The summed E-state index contributed by atoms with van der Waals surface area (Å²) in [6, 6.07) is 8.39. The summed E-state index contributed by atoms with van der Waals surface area (Å²) in [4.78, 5) is 3.25. The van der Waals surface area contributed by atoms with Gasteiger partial charge in [0.05, 0.1) is 0 Å². The SMILES string of the molecule is CCN[Si](Cl)c1ccc(C)cc1. The zero-order valence-corrected chi connectivity index (χ0v) is 9.15. The van der Waals surface area contributed by atoms with Crippen LogP contribution in [0.5, 0.6) is 0 Å². The molecule has 0 aliphatic carbocycles. The van der Waals surface area contributed by atoms with Gasteiger partial charge in [-0.15, -0.1) is 11.1 Å². The Bertz CT molecular complexity index is 235. The van der Waals surface area contributed by atoms with Crippen molar-refractivity contribution in [1.29, 1.82) is 0 Å². The van der Waals surface area contributed by atoms with Crippen molar-refractivity contribution in [1.82, 2.24) is 4.98 Å². The molecule has 0 bridgehead atoms. The molecule has 0 aliphatic heterocycles. The van der Waals surface area contributed by atoms with Crippen molar-refractivity contribution in [2.24, 2.45) is 0 Å². The molecule has 0 amide bonds. The van der Waals surface area contributed by atoms with Gasteiger partial charge in [0, 0.05) is 0 Å². The molecule has 65 valence electrons. The van der Waals surface area contributed by atoms with Crippen LogP contribution in [0.4, 0.5) is 0 Å². The summed E-state index contributed by atoms with van der Waals surface area (Å²) in [6.45, 7) is 5.09. The van der Waals surface area contributed by atoms with Gasteiger partial charge in [-0.2, -0.15) is 0 Å². The van der Waals surface area contributed by atoms with Crippen molar-refractivity contribution in [2.75, 3.05) is 6.54 Å². The first-order chi connectivity index (χ1) is 5.74.